The van der Waals surface area contributed by atoms with Gasteiger partial charge in [-0.3, -0.25) is 9.36 Å². The molecule has 0 N–H and O–H groups in total. The van der Waals surface area contributed by atoms with Gasteiger partial charge in [-0.1, -0.05) is 102 Å². The zero-order valence-electron chi connectivity index (χ0n) is 23.9. The number of hydrogen-bond donors (Lipinski definition) is 0. The van der Waals surface area contributed by atoms with E-state index in [0.29, 0.717) is 20.6 Å². The second-order valence-electron chi connectivity index (χ2n) is 10.6. The van der Waals surface area contributed by atoms with E-state index in [1.54, 1.807) is 11.5 Å². The van der Waals surface area contributed by atoms with Gasteiger partial charge in [0.15, 0.2) is 4.80 Å². The third kappa shape index (κ3) is 4.72. The van der Waals surface area contributed by atoms with E-state index in [0.717, 1.165) is 39.3 Å². The minimum absolute atomic E-state index is 0.184. The van der Waals surface area contributed by atoms with E-state index >= 15 is 0 Å². The summed E-state index contributed by atoms with van der Waals surface area (Å²) < 4.78 is 9.94. The normalized spacial score (nSPS) is 15.1. The topological polar surface area (TPSA) is 65.6 Å². The van der Waals surface area contributed by atoms with Crippen molar-refractivity contribution in [3.05, 3.63) is 151 Å². The number of allylic oxidation sites excluding steroid dienone is 1. The summed E-state index contributed by atoms with van der Waals surface area (Å²) in [4.78, 5) is 33.0. The second kappa shape index (κ2) is 11.0. The number of nitrogens with zero attached hydrogens (tertiary/aromatic N) is 3. The van der Waals surface area contributed by atoms with Crippen molar-refractivity contribution in [1.29, 1.82) is 0 Å². The van der Waals surface area contributed by atoms with Crippen molar-refractivity contribution in [1.82, 2.24) is 9.13 Å². The first-order valence-corrected chi connectivity index (χ1v) is 15.1. The van der Waals surface area contributed by atoms with Crippen LogP contribution < -0.4 is 14.9 Å². The molecule has 2 aromatic heterocycles. The van der Waals surface area contributed by atoms with Gasteiger partial charge in [0.2, 0.25) is 0 Å². The lowest BCUT2D eigenvalue weighted by Gasteiger charge is -2.25. The molecule has 1 aliphatic rings. The number of aromatic nitrogens is 2. The molecule has 43 heavy (non-hydrogen) atoms. The molecule has 1 atom stereocenters. The summed E-state index contributed by atoms with van der Waals surface area (Å²) in [6.45, 7) is 4.55. The third-order valence-corrected chi connectivity index (χ3v) is 8.92. The van der Waals surface area contributed by atoms with Crippen LogP contribution in [0.25, 0.3) is 27.8 Å². The van der Waals surface area contributed by atoms with E-state index in [2.05, 4.69) is 35.0 Å². The van der Waals surface area contributed by atoms with Gasteiger partial charge in [-0.05, 0) is 47.9 Å². The Morgan fingerprint density at radius 3 is 2.47 bits per heavy atom. The number of para-hydroxylation sites is 1. The minimum Gasteiger partial charge on any atom is -0.463 e. The zero-order chi connectivity index (χ0) is 29.5. The van der Waals surface area contributed by atoms with Gasteiger partial charge in [-0.15, -0.1) is 0 Å². The monoisotopic (exact) mass is 583 g/mol. The molecule has 0 radical (unpaired) electrons. The number of carbonyl (C=O) groups is 1. The maximum Gasteiger partial charge on any atom is 0.338 e. The Balaban J connectivity index is 1.43. The lowest BCUT2D eigenvalue weighted by Crippen LogP contribution is -2.40. The van der Waals surface area contributed by atoms with Crippen molar-refractivity contribution in [2.24, 2.45) is 4.99 Å². The summed E-state index contributed by atoms with van der Waals surface area (Å²) >= 11 is 1.35. The van der Waals surface area contributed by atoms with Crippen LogP contribution in [0.4, 0.5) is 0 Å². The Labute approximate surface area is 252 Å². The van der Waals surface area contributed by atoms with Crippen LogP contribution in [0.2, 0.25) is 0 Å². The lowest BCUT2D eigenvalue weighted by atomic mass is 9.91. The first-order chi connectivity index (χ1) is 21.0. The molecule has 0 saturated carbocycles. The van der Waals surface area contributed by atoms with Crippen LogP contribution in [-0.4, -0.2) is 21.7 Å². The lowest BCUT2D eigenvalue weighted by molar-refractivity contribution is -0.139. The Bertz CT molecular complexity index is 2230. The average molecular weight is 584 g/mol. The van der Waals surface area contributed by atoms with E-state index in [9.17, 15) is 9.59 Å². The predicted octanol–water partition coefficient (Wildman–Crippen LogP) is 5.95. The molecule has 0 bridgehead atoms. The van der Waals surface area contributed by atoms with Gasteiger partial charge in [0.1, 0.15) is 0 Å². The molecular weight excluding hydrogens is 554 g/mol. The number of esters is 1. The molecule has 3 heterocycles. The summed E-state index contributed by atoms with van der Waals surface area (Å²) in [6, 6.07) is 31.9. The van der Waals surface area contributed by atoms with Crippen molar-refractivity contribution in [2.45, 2.75) is 26.4 Å². The van der Waals surface area contributed by atoms with E-state index < -0.39 is 12.0 Å². The third-order valence-electron chi connectivity index (χ3n) is 7.94. The maximum absolute atomic E-state index is 14.3. The quantitative estimate of drug-likeness (QED) is 0.228. The van der Waals surface area contributed by atoms with E-state index in [-0.39, 0.29) is 12.2 Å². The van der Waals surface area contributed by atoms with Crippen LogP contribution in [0.15, 0.2) is 124 Å². The van der Waals surface area contributed by atoms with Gasteiger partial charge >= 0.3 is 5.97 Å². The Morgan fingerprint density at radius 2 is 1.65 bits per heavy atom. The van der Waals surface area contributed by atoms with Crippen LogP contribution in [0, 0.1) is 0 Å². The highest BCUT2D eigenvalue weighted by Crippen LogP contribution is 2.35. The summed E-state index contributed by atoms with van der Waals surface area (Å²) in [7, 11) is 0. The zero-order valence-corrected chi connectivity index (χ0v) is 24.7. The number of thiazole rings is 1. The van der Waals surface area contributed by atoms with Crippen molar-refractivity contribution >= 4 is 45.1 Å². The van der Waals surface area contributed by atoms with Crippen LogP contribution in [0.3, 0.4) is 0 Å². The highest BCUT2D eigenvalue weighted by Gasteiger charge is 2.34. The van der Waals surface area contributed by atoms with Crippen LogP contribution >= 0.6 is 11.3 Å². The smallest absolute Gasteiger partial charge is 0.338 e. The fourth-order valence-electron chi connectivity index (χ4n) is 6.02. The molecule has 6 nitrogen and oxygen atoms in total. The van der Waals surface area contributed by atoms with Gasteiger partial charge in [0.05, 0.1) is 28.5 Å². The molecule has 0 saturated heterocycles. The number of ether oxygens (including phenoxy) is 1. The van der Waals surface area contributed by atoms with Gasteiger partial charge in [-0.25, -0.2) is 9.79 Å². The summed E-state index contributed by atoms with van der Waals surface area (Å²) in [5.74, 6) is -0.458. The molecule has 212 valence electrons. The number of carbonyl (C=O) groups excluding carboxylic acids is 1. The van der Waals surface area contributed by atoms with Crippen molar-refractivity contribution in [2.75, 3.05) is 6.61 Å². The van der Waals surface area contributed by atoms with Gasteiger partial charge < -0.3 is 9.30 Å². The largest absolute Gasteiger partial charge is 0.463 e. The number of rotatable bonds is 6. The Hall–Kier alpha value is -5.01. The first-order valence-electron chi connectivity index (χ1n) is 14.3. The molecule has 0 amide bonds. The fourth-order valence-corrected chi connectivity index (χ4v) is 7.05. The predicted molar refractivity (Wildman–Crippen MR) is 172 cm³/mol. The van der Waals surface area contributed by atoms with Gasteiger partial charge in [-0.2, -0.15) is 0 Å². The molecule has 7 rings (SSSR count). The highest BCUT2D eigenvalue weighted by molar-refractivity contribution is 7.07. The first kappa shape index (κ1) is 26.9. The average Bonchev–Trinajstić information content (AvgIpc) is 3.52. The molecular formula is C36H29N3O3S. The number of fused-ring (bicyclic) bond motifs is 3. The SMILES string of the molecule is CCOC(=O)C1=C(C)N=c2sc(=Cc3cn(Cc4ccccc4)c4ccccc34)c(=O)n2C1c1cccc2ccccc12. The molecule has 4 aromatic carbocycles. The fraction of sp³-hybridized carbons (Fsp3) is 0.139. The molecule has 1 aliphatic heterocycles. The Kier molecular flexibility index (Phi) is 6.87. The number of hydrogen-bond acceptors (Lipinski definition) is 5. The summed E-state index contributed by atoms with van der Waals surface area (Å²) in [5.41, 5.74) is 4.88. The molecule has 6 aromatic rings. The maximum atomic E-state index is 14.3. The van der Waals surface area contributed by atoms with Gasteiger partial charge in [0, 0.05) is 29.2 Å². The molecule has 0 spiro atoms. The van der Waals surface area contributed by atoms with Gasteiger partial charge in [0.25, 0.3) is 5.56 Å². The highest BCUT2D eigenvalue weighted by atomic mass is 32.1. The molecule has 0 fully saturated rings. The summed E-state index contributed by atoms with van der Waals surface area (Å²) in [6.07, 6.45) is 4.06. The van der Waals surface area contributed by atoms with Crippen LogP contribution in [-0.2, 0) is 16.1 Å². The van der Waals surface area contributed by atoms with Crippen molar-refractivity contribution in [3.8, 4) is 0 Å². The van der Waals surface area contributed by atoms with Crippen LogP contribution in [0.1, 0.15) is 36.6 Å². The van der Waals surface area contributed by atoms with Crippen molar-refractivity contribution < 1.29 is 9.53 Å². The second-order valence-corrected chi connectivity index (χ2v) is 11.6. The van der Waals surface area contributed by atoms with E-state index in [1.807, 2.05) is 85.8 Å². The molecule has 1 unspecified atom stereocenters. The molecule has 0 aliphatic carbocycles. The van der Waals surface area contributed by atoms with Crippen molar-refractivity contribution in [3.63, 3.8) is 0 Å². The number of benzene rings is 4. The standard InChI is InChI=1S/C36H29N3O3S/c1-3-42-35(41)32-23(2)37-36-39(33(32)29-18-11-15-25-14-7-8-16-27(25)29)34(40)31(43-36)20-26-22-38(21-24-12-5-4-6-13-24)30-19-10-9-17-28(26)30/h4-20,22,33H,3,21H2,1-2H3. The van der Waals surface area contributed by atoms with E-state index in [1.165, 1.54) is 16.9 Å². The Morgan fingerprint density at radius 1 is 0.930 bits per heavy atom. The molecule has 7 heteroatoms. The van der Waals surface area contributed by atoms with Crippen LogP contribution in [0.5, 0.6) is 0 Å². The minimum atomic E-state index is -0.664. The van der Waals surface area contributed by atoms with E-state index in [4.69, 9.17) is 9.73 Å². The summed E-state index contributed by atoms with van der Waals surface area (Å²) in [5, 5.41) is 3.08.